The Hall–Kier alpha value is -3.36. The molecule has 1 atom stereocenters. The minimum absolute atomic E-state index is 0.123. The van der Waals surface area contributed by atoms with Crippen LogP contribution in [0.15, 0.2) is 35.4 Å². The molecule has 1 unspecified atom stereocenters. The van der Waals surface area contributed by atoms with Gasteiger partial charge in [-0.2, -0.15) is 0 Å². The predicted octanol–water partition coefficient (Wildman–Crippen LogP) is 1.61. The zero-order chi connectivity index (χ0) is 21.5. The number of hydrogen-bond acceptors (Lipinski definition) is 6. The van der Waals surface area contributed by atoms with Crippen molar-refractivity contribution in [2.75, 3.05) is 33.4 Å². The molecule has 0 aliphatic carbocycles. The van der Waals surface area contributed by atoms with E-state index in [2.05, 4.69) is 4.98 Å². The molecule has 30 heavy (non-hydrogen) atoms. The summed E-state index contributed by atoms with van der Waals surface area (Å²) in [5, 5.41) is 0. The summed E-state index contributed by atoms with van der Waals surface area (Å²) in [5.41, 5.74) is 0.331. The maximum atomic E-state index is 13.4. The van der Waals surface area contributed by atoms with Gasteiger partial charge in [-0.15, -0.1) is 0 Å². The summed E-state index contributed by atoms with van der Waals surface area (Å²) in [4.78, 5) is 46.1. The number of aryl methyl sites for hydroxylation is 1. The van der Waals surface area contributed by atoms with Gasteiger partial charge in [0, 0.05) is 31.9 Å². The Bertz CT molecular complexity index is 1050. The highest BCUT2D eigenvalue weighted by atomic mass is 16.6. The minimum atomic E-state index is -0.535. The van der Waals surface area contributed by atoms with Crippen LogP contribution in [-0.2, 0) is 4.74 Å². The normalized spacial score (nSPS) is 20.7. The number of hydrogen-bond donors (Lipinski definition) is 0. The van der Waals surface area contributed by atoms with Crippen LogP contribution in [0, 0.1) is 6.92 Å². The van der Waals surface area contributed by atoms with E-state index in [1.165, 1.54) is 17.9 Å². The number of amides is 2. The molecule has 0 bridgehead atoms. The van der Waals surface area contributed by atoms with Crippen LogP contribution in [0.25, 0.3) is 5.69 Å². The van der Waals surface area contributed by atoms with Crippen molar-refractivity contribution in [3.8, 4) is 11.6 Å². The molecule has 9 heteroatoms. The van der Waals surface area contributed by atoms with E-state index in [-0.39, 0.29) is 24.2 Å². The van der Waals surface area contributed by atoms with Crippen LogP contribution in [-0.4, -0.2) is 70.2 Å². The van der Waals surface area contributed by atoms with Crippen LogP contribution < -0.4 is 10.3 Å². The summed E-state index contributed by atoms with van der Waals surface area (Å²) in [6.07, 6.45) is 3.48. The fourth-order valence-electron chi connectivity index (χ4n) is 4.12. The Kier molecular flexibility index (Phi) is 4.97. The number of pyridine rings is 2. The van der Waals surface area contributed by atoms with Gasteiger partial charge in [0.25, 0.3) is 11.5 Å². The molecule has 2 aliphatic heterocycles. The molecule has 2 fully saturated rings. The Morgan fingerprint density at radius 2 is 2.07 bits per heavy atom. The molecule has 2 aromatic heterocycles. The molecule has 0 spiro atoms. The molecule has 158 valence electrons. The van der Waals surface area contributed by atoms with E-state index in [0.29, 0.717) is 43.2 Å². The lowest BCUT2D eigenvalue weighted by atomic mass is 9.92. The number of carbonyl (C=O) groups excluding carboxylic acids is 2. The molecule has 2 aliphatic rings. The van der Waals surface area contributed by atoms with Crippen molar-refractivity contribution in [2.45, 2.75) is 25.8 Å². The van der Waals surface area contributed by atoms with Crippen molar-refractivity contribution in [1.82, 2.24) is 19.4 Å². The number of carbonyl (C=O) groups is 2. The van der Waals surface area contributed by atoms with E-state index in [9.17, 15) is 14.4 Å². The highest BCUT2D eigenvalue weighted by Gasteiger charge is 2.50. The lowest BCUT2D eigenvalue weighted by Gasteiger charge is -2.44. The molecular formula is C21H24N4O5. The molecule has 4 heterocycles. The Morgan fingerprint density at radius 1 is 1.27 bits per heavy atom. The second kappa shape index (κ2) is 7.47. The third kappa shape index (κ3) is 3.10. The van der Waals surface area contributed by atoms with Crippen molar-refractivity contribution in [1.29, 1.82) is 0 Å². The summed E-state index contributed by atoms with van der Waals surface area (Å²) >= 11 is 0. The standard InChI is InChI=1S/C21H24N4O5/c1-4-21-12-23(9-10-25(21)20(28)30-13-21)18(26)17-14(2)7-8-24(19(17)27)15-5-6-16(29-3)22-11-15/h5-8,11H,4,9-10,12-13H2,1-3H3. The van der Waals surface area contributed by atoms with Crippen LogP contribution >= 0.6 is 0 Å². The maximum Gasteiger partial charge on any atom is 0.410 e. The average molecular weight is 412 g/mol. The molecule has 0 saturated carbocycles. The first-order valence-electron chi connectivity index (χ1n) is 9.86. The molecule has 9 nitrogen and oxygen atoms in total. The number of nitrogens with zero attached hydrogens (tertiary/aromatic N) is 4. The van der Waals surface area contributed by atoms with E-state index in [1.54, 1.807) is 41.1 Å². The van der Waals surface area contributed by atoms with Gasteiger partial charge < -0.3 is 14.4 Å². The third-order valence-corrected chi connectivity index (χ3v) is 6.00. The van der Waals surface area contributed by atoms with Gasteiger partial charge in [0.05, 0.1) is 24.5 Å². The molecule has 4 rings (SSSR count). The summed E-state index contributed by atoms with van der Waals surface area (Å²) in [6.45, 7) is 5.06. The van der Waals surface area contributed by atoms with Gasteiger partial charge in [-0.25, -0.2) is 9.78 Å². The lowest BCUT2D eigenvalue weighted by Crippen LogP contribution is -2.62. The second-order valence-corrected chi connectivity index (χ2v) is 7.62. The zero-order valence-electron chi connectivity index (χ0n) is 17.3. The number of ether oxygens (including phenoxy) is 2. The number of methoxy groups -OCH3 is 1. The fourth-order valence-corrected chi connectivity index (χ4v) is 4.12. The molecular weight excluding hydrogens is 388 g/mol. The van der Waals surface area contributed by atoms with Gasteiger partial charge >= 0.3 is 6.09 Å². The number of piperazine rings is 1. The first kappa shape index (κ1) is 19.9. The van der Waals surface area contributed by atoms with Crippen molar-refractivity contribution in [2.24, 2.45) is 0 Å². The van der Waals surface area contributed by atoms with Gasteiger partial charge in [0.15, 0.2) is 0 Å². The summed E-state index contributed by atoms with van der Waals surface area (Å²) in [6, 6.07) is 5.11. The summed E-state index contributed by atoms with van der Waals surface area (Å²) in [5.74, 6) is 0.103. The van der Waals surface area contributed by atoms with Gasteiger partial charge in [0.2, 0.25) is 5.88 Å². The van der Waals surface area contributed by atoms with Crippen LogP contribution in [0.5, 0.6) is 5.88 Å². The SMILES string of the molecule is CCC12COC(=O)N1CCN(C(=O)c1c(C)ccn(-c3ccc(OC)nc3)c1=O)C2. The van der Waals surface area contributed by atoms with Crippen LogP contribution in [0.4, 0.5) is 4.79 Å². The average Bonchev–Trinajstić information content (AvgIpc) is 3.10. The van der Waals surface area contributed by atoms with Crippen molar-refractivity contribution < 1.29 is 19.1 Å². The Morgan fingerprint density at radius 3 is 2.73 bits per heavy atom. The minimum Gasteiger partial charge on any atom is -0.481 e. The van der Waals surface area contributed by atoms with Crippen molar-refractivity contribution >= 4 is 12.0 Å². The number of cyclic esters (lactones) is 1. The maximum absolute atomic E-state index is 13.4. The highest BCUT2D eigenvalue weighted by Crippen LogP contribution is 2.32. The Labute approximate surface area is 173 Å². The van der Waals surface area contributed by atoms with Crippen LogP contribution in [0.3, 0.4) is 0 Å². The number of rotatable bonds is 4. The van der Waals surface area contributed by atoms with Gasteiger partial charge in [-0.05, 0) is 31.0 Å². The molecule has 0 radical (unpaired) electrons. The van der Waals surface area contributed by atoms with Crippen LogP contribution in [0.2, 0.25) is 0 Å². The van der Waals surface area contributed by atoms with Gasteiger partial charge in [0.1, 0.15) is 12.2 Å². The van der Waals surface area contributed by atoms with Crippen LogP contribution in [0.1, 0.15) is 29.3 Å². The third-order valence-electron chi connectivity index (χ3n) is 6.00. The zero-order valence-corrected chi connectivity index (χ0v) is 17.3. The summed E-state index contributed by atoms with van der Waals surface area (Å²) < 4.78 is 11.7. The lowest BCUT2D eigenvalue weighted by molar-refractivity contribution is 0.0359. The Balaban J connectivity index is 1.67. The van der Waals surface area contributed by atoms with Crippen molar-refractivity contribution in [3.05, 3.63) is 52.1 Å². The van der Waals surface area contributed by atoms with E-state index in [0.717, 1.165) is 0 Å². The quantitative estimate of drug-likeness (QED) is 0.757. The highest BCUT2D eigenvalue weighted by molar-refractivity contribution is 5.95. The molecule has 0 N–H and O–H groups in total. The molecule has 2 saturated heterocycles. The van der Waals surface area contributed by atoms with Crippen molar-refractivity contribution in [3.63, 3.8) is 0 Å². The number of aromatic nitrogens is 2. The van der Waals surface area contributed by atoms with E-state index in [1.807, 2.05) is 6.92 Å². The predicted molar refractivity (Wildman–Crippen MR) is 108 cm³/mol. The molecule has 2 amide bonds. The van der Waals surface area contributed by atoms with Gasteiger partial charge in [-0.3, -0.25) is 19.1 Å². The fraction of sp³-hybridized carbons (Fsp3) is 0.429. The van der Waals surface area contributed by atoms with E-state index >= 15 is 0 Å². The largest absolute Gasteiger partial charge is 0.481 e. The van der Waals surface area contributed by atoms with Gasteiger partial charge in [-0.1, -0.05) is 6.92 Å². The topological polar surface area (TPSA) is 94.0 Å². The first-order valence-corrected chi connectivity index (χ1v) is 9.86. The molecule has 0 aromatic carbocycles. The summed E-state index contributed by atoms with van der Waals surface area (Å²) in [7, 11) is 1.52. The smallest absolute Gasteiger partial charge is 0.410 e. The first-order chi connectivity index (χ1) is 14.4. The second-order valence-electron chi connectivity index (χ2n) is 7.62. The van der Waals surface area contributed by atoms with E-state index in [4.69, 9.17) is 9.47 Å². The molecule has 2 aromatic rings. The number of fused-ring (bicyclic) bond motifs is 1. The monoisotopic (exact) mass is 412 g/mol. The van der Waals surface area contributed by atoms with E-state index < -0.39 is 11.1 Å².